The lowest BCUT2D eigenvalue weighted by Crippen LogP contribution is -2.39. The Morgan fingerprint density at radius 2 is 2.00 bits per heavy atom. The van der Waals surface area contributed by atoms with Crippen molar-refractivity contribution in [2.75, 3.05) is 26.7 Å². The Morgan fingerprint density at radius 3 is 2.61 bits per heavy atom. The Morgan fingerprint density at radius 1 is 1.33 bits per heavy atom. The first kappa shape index (κ1) is 13.5. The Balaban J connectivity index is 1.99. The van der Waals surface area contributed by atoms with E-state index >= 15 is 0 Å². The maximum absolute atomic E-state index is 13.8. The lowest BCUT2D eigenvalue weighted by molar-refractivity contribution is 0.176. The van der Waals surface area contributed by atoms with Gasteiger partial charge in [-0.3, -0.25) is 0 Å². The molecule has 0 aromatic heterocycles. The number of hydrogen-bond acceptors (Lipinski definition) is 2. The monoisotopic (exact) mass is 250 g/mol. The van der Waals surface area contributed by atoms with Gasteiger partial charge in [0.2, 0.25) is 0 Å². The lowest BCUT2D eigenvalue weighted by Gasteiger charge is -2.33. The molecule has 1 aromatic rings. The van der Waals surface area contributed by atoms with E-state index in [1.807, 2.05) is 19.2 Å². The third kappa shape index (κ3) is 3.30. The second-order valence-electron chi connectivity index (χ2n) is 5.35. The highest BCUT2D eigenvalue weighted by molar-refractivity contribution is 5.21. The second kappa shape index (κ2) is 6.30. The second-order valence-corrected chi connectivity index (χ2v) is 5.35. The van der Waals surface area contributed by atoms with E-state index in [9.17, 15) is 4.39 Å². The number of benzene rings is 1. The molecule has 100 valence electrons. The van der Waals surface area contributed by atoms with E-state index in [0.29, 0.717) is 0 Å². The van der Waals surface area contributed by atoms with Gasteiger partial charge in [0.25, 0.3) is 0 Å². The molecule has 1 fully saturated rings. The fraction of sp³-hybridized carbons (Fsp3) is 0.600. The van der Waals surface area contributed by atoms with E-state index in [4.69, 9.17) is 0 Å². The number of halogens is 1. The summed E-state index contributed by atoms with van der Waals surface area (Å²) in [5.41, 5.74) is 0.777. The van der Waals surface area contributed by atoms with Crippen molar-refractivity contribution in [1.82, 2.24) is 10.2 Å². The molecule has 0 radical (unpaired) electrons. The zero-order valence-electron chi connectivity index (χ0n) is 11.3. The number of likely N-dealkylation sites (tertiary alicyclic amines) is 1. The molecule has 2 rings (SSSR count). The van der Waals surface area contributed by atoms with Crippen LogP contribution in [0.2, 0.25) is 0 Å². The molecule has 0 aliphatic carbocycles. The van der Waals surface area contributed by atoms with Gasteiger partial charge in [-0.25, -0.2) is 4.39 Å². The molecule has 0 saturated carbocycles. The Kier molecular flexibility index (Phi) is 4.72. The number of likely N-dealkylation sites (N-methyl/N-ethyl adjacent to an activating group) is 1. The van der Waals surface area contributed by atoms with Crippen LogP contribution in [-0.4, -0.2) is 31.6 Å². The van der Waals surface area contributed by atoms with Crippen LogP contribution in [-0.2, 0) is 0 Å². The molecule has 2 nitrogen and oxygen atoms in total. The van der Waals surface area contributed by atoms with Gasteiger partial charge in [-0.05, 0) is 45.0 Å². The topological polar surface area (TPSA) is 15.3 Å². The van der Waals surface area contributed by atoms with Crippen molar-refractivity contribution in [2.24, 2.45) is 5.92 Å². The largest absolute Gasteiger partial charge is 0.312 e. The maximum atomic E-state index is 13.8. The van der Waals surface area contributed by atoms with E-state index in [-0.39, 0.29) is 11.9 Å². The fourth-order valence-corrected chi connectivity index (χ4v) is 2.61. The summed E-state index contributed by atoms with van der Waals surface area (Å²) in [6.07, 6.45) is 2.52. The number of rotatable bonds is 4. The normalized spacial score (nSPS) is 19.9. The van der Waals surface area contributed by atoms with Gasteiger partial charge in [0.05, 0.1) is 0 Å². The highest BCUT2D eigenvalue weighted by atomic mass is 19.1. The SMILES string of the molecule is CNC(CN1CCC(C)CC1)c1ccccc1F. The van der Waals surface area contributed by atoms with Crippen LogP contribution in [0.3, 0.4) is 0 Å². The van der Waals surface area contributed by atoms with Crippen molar-refractivity contribution in [3.8, 4) is 0 Å². The summed E-state index contributed by atoms with van der Waals surface area (Å²) < 4.78 is 13.8. The Hall–Kier alpha value is -0.930. The lowest BCUT2D eigenvalue weighted by atomic mass is 9.98. The van der Waals surface area contributed by atoms with Gasteiger partial charge in [0.1, 0.15) is 5.82 Å². The summed E-state index contributed by atoms with van der Waals surface area (Å²) in [6.45, 7) is 5.47. The number of nitrogens with one attached hydrogen (secondary N) is 1. The van der Waals surface area contributed by atoms with E-state index < -0.39 is 0 Å². The van der Waals surface area contributed by atoms with Gasteiger partial charge in [-0.15, -0.1) is 0 Å². The smallest absolute Gasteiger partial charge is 0.128 e. The number of nitrogens with zero attached hydrogens (tertiary/aromatic N) is 1. The van der Waals surface area contributed by atoms with Gasteiger partial charge < -0.3 is 10.2 Å². The van der Waals surface area contributed by atoms with Gasteiger partial charge in [-0.2, -0.15) is 0 Å². The molecule has 1 saturated heterocycles. The summed E-state index contributed by atoms with van der Waals surface area (Å²) >= 11 is 0. The quantitative estimate of drug-likeness (QED) is 0.884. The molecule has 1 aromatic carbocycles. The van der Waals surface area contributed by atoms with Crippen molar-refractivity contribution in [3.05, 3.63) is 35.6 Å². The maximum Gasteiger partial charge on any atom is 0.128 e. The first-order valence-electron chi connectivity index (χ1n) is 6.84. The molecule has 0 spiro atoms. The van der Waals surface area contributed by atoms with E-state index in [1.165, 1.54) is 18.9 Å². The third-order valence-electron chi connectivity index (χ3n) is 3.95. The average Bonchev–Trinajstić information content (AvgIpc) is 2.39. The van der Waals surface area contributed by atoms with Crippen LogP contribution >= 0.6 is 0 Å². The van der Waals surface area contributed by atoms with Gasteiger partial charge in [0, 0.05) is 18.2 Å². The molecule has 1 aliphatic rings. The zero-order chi connectivity index (χ0) is 13.0. The number of piperidine rings is 1. The van der Waals surface area contributed by atoms with Crippen molar-refractivity contribution < 1.29 is 4.39 Å². The highest BCUT2D eigenvalue weighted by Gasteiger charge is 2.20. The first-order valence-corrected chi connectivity index (χ1v) is 6.84. The highest BCUT2D eigenvalue weighted by Crippen LogP contribution is 2.21. The molecular formula is C15H23FN2. The minimum atomic E-state index is -0.109. The molecule has 18 heavy (non-hydrogen) atoms. The van der Waals surface area contributed by atoms with E-state index in [0.717, 1.165) is 31.1 Å². The third-order valence-corrected chi connectivity index (χ3v) is 3.95. The molecule has 1 aliphatic heterocycles. The standard InChI is InChI=1S/C15H23FN2/c1-12-7-9-18(10-8-12)11-15(17-2)13-5-3-4-6-14(13)16/h3-6,12,15,17H,7-11H2,1-2H3. The molecule has 0 amide bonds. The van der Waals surface area contributed by atoms with Crippen molar-refractivity contribution in [2.45, 2.75) is 25.8 Å². The molecule has 1 heterocycles. The van der Waals surface area contributed by atoms with Crippen LogP contribution in [0.15, 0.2) is 24.3 Å². The van der Waals surface area contributed by atoms with Crippen molar-refractivity contribution in [3.63, 3.8) is 0 Å². The summed E-state index contributed by atoms with van der Waals surface area (Å²) in [4.78, 5) is 2.44. The van der Waals surface area contributed by atoms with Crippen LogP contribution in [0.1, 0.15) is 31.4 Å². The van der Waals surface area contributed by atoms with Crippen LogP contribution in [0.5, 0.6) is 0 Å². The Labute approximate surface area is 109 Å². The predicted octanol–water partition coefficient (Wildman–Crippen LogP) is 2.82. The molecule has 3 heteroatoms. The Bertz CT molecular complexity index is 373. The van der Waals surface area contributed by atoms with Gasteiger partial charge >= 0.3 is 0 Å². The van der Waals surface area contributed by atoms with Crippen molar-refractivity contribution >= 4 is 0 Å². The molecule has 0 bridgehead atoms. The van der Waals surface area contributed by atoms with Crippen LogP contribution in [0.4, 0.5) is 4.39 Å². The zero-order valence-corrected chi connectivity index (χ0v) is 11.3. The molecule has 1 atom stereocenters. The van der Waals surface area contributed by atoms with Gasteiger partial charge in [0.15, 0.2) is 0 Å². The molecular weight excluding hydrogens is 227 g/mol. The minimum Gasteiger partial charge on any atom is -0.312 e. The first-order chi connectivity index (χ1) is 8.70. The van der Waals surface area contributed by atoms with Crippen molar-refractivity contribution in [1.29, 1.82) is 0 Å². The number of hydrogen-bond donors (Lipinski definition) is 1. The summed E-state index contributed by atoms with van der Waals surface area (Å²) in [5.74, 6) is 0.727. The van der Waals surface area contributed by atoms with E-state index in [2.05, 4.69) is 17.1 Å². The summed E-state index contributed by atoms with van der Waals surface area (Å²) in [5, 5.41) is 3.24. The van der Waals surface area contributed by atoms with Gasteiger partial charge in [-0.1, -0.05) is 25.1 Å². The predicted molar refractivity (Wildman–Crippen MR) is 73.0 cm³/mol. The van der Waals surface area contributed by atoms with Crippen LogP contribution < -0.4 is 5.32 Å². The van der Waals surface area contributed by atoms with E-state index in [1.54, 1.807) is 6.07 Å². The molecule has 1 N–H and O–H groups in total. The van der Waals surface area contributed by atoms with Crippen LogP contribution in [0, 0.1) is 11.7 Å². The average molecular weight is 250 g/mol. The minimum absolute atomic E-state index is 0.0830. The molecule has 1 unspecified atom stereocenters. The summed E-state index contributed by atoms with van der Waals surface area (Å²) in [7, 11) is 1.91. The van der Waals surface area contributed by atoms with Crippen LogP contribution in [0.25, 0.3) is 0 Å². The summed E-state index contributed by atoms with van der Waals surface area (Å²) in [6, 6.07) is 7.15. The fourth-order valence-electron chi connectivity index (χ4n) is 2.61.